The number of benzene rings is 3. The van der Waals surface area contributed by atoms with Crippen LogP contribution in [-0.2, 0) is 0 Å². The summed E-state index contributed by atoms with van der Waals surface area (Å²) in [4.78, 5) is 32.6. The van der Waals surface area contributed by atoms with Crippen molar-refractivity contribution in [2.24, 2.45) is 0 Å². The number of anilines is 1. The molecule has 0 aliphatic carbocycles. The number of imide groups is 1. The Morgan fingerprint density at radius 3 is 2.09 bits per heavy atom. The maximum atomic E-state index is 13.6. The molecule has 158 valence electrons. The average Bonchev–Trinajstić information content (AvgIpc) is 3.36. The first-order valence-corrected chi connectivity index (χ1v) is 10.7. The molecule has 0 fully saturated rings. The lowest BCUT2D eigenvalue weighted by Crippen LogP contribution is -2.29. The van der Waals surface area contributed by atoms with E-state index in [2.05, 4.69) is 4.98 Å². The number of amides is 2. The standard InChI is InChI=1S/C26H15ClN4O2/c27-17-11-13-19(14-12-17)31-24-22(23(29-31)16-7-3-1-4-8-16)21-20(15-28-24)25(32)30(26(21)33)18-9-5-2-6-10-18/h1-15H. The number of para-hydroxylation sites is 1. The number of aromatic nitrogens is 3. The van der Waals surface area contributed by atoms with Crippen LogP contribution in [-0.4, -0.2) is 26.6 Å². The van der Waals surface area contributed by atoms with Crippen molar-refractivity contribution in [2.45, 2.75) is 0 Å². The summed E-state index contributed by atoms with van der Waals surface area (Å²) in [5, 5.41) is 5.97. The highest BCUT2D eigenvalue weighted by Gasteiger charge is 2.40. The van der Waals surface area contributed by atoms with Gasteiger partial charge in [0.25, 0.3) is 11.8 Å². The third kappa shape index (κ3) is 2.96. The lowest BCUT2D eigenvalue weighted by Gasteiger charge is -2.13. The van der Waals surface area contributed by atoms with Crippen molar-refractivity contribution in [1.82, 2.24) is 14.8 Å². The molecule has 0 saturated heterocycles. The average molecular weight is 451 g/mol. The number of carbonyl (C=O) groups excluding carboxylic acids is 2. The van der Waals surface area contributed by atoms with E-state index in [1.165, 1.54) is 11.1 Å². The van der Waals surface area contributed by atoms with Gasteiger partial charge in [-0.15, -0.1) is 0 Å². The van der Waals surface area contributed by atoms with E-state index in [9.17, 15) is 9.59 Å². The first-order chi connectivity index (χ1) is 16.1. The molecule has 0 bridgehead atoms. The van der Waals surface area contributed by atoms with E-state index in [1.807, 2.05) is 48.5 Å². The third-order valence-corrected chi connectivity index (χ3v) is 5.93. The van der Waals surface area contributed by atoms with Gasteiger partial charge in [-0.05, 0) is 36.4 Å². The molecule has 2 aromatic heterocycles. The lowest BCUT2D eigenvalue weighted by atomic mass is 10.0. The minimum atomic E-state index is -0.395. The summed E-state index contributed by atoms with van der Waals surface area (Å²) in [6.07, 6.45) is 1.46. The number of rotatable bonds is 3. The molecule has 0 radical (unpaired) electrons. The van der Waals surface area contributed by atoms with E-state index in [-0.39, 0.29) is 11.5 Å². The van der Waals surface area contributed by atoms with Gasteiger partial charge in [0.05, 0.1) is 27.9 Å². The number of carbonyl (C=O) groups is 2. The summed E-state index contributed by atoms with van der Waals surface area (Å²) in [5.41, 5.74) is 3.74. The van der Waals surface area contributed by atoms with E-state index in [0.717, 1.165) is 11.3 Å². The quantitative estimate of drug-likeness (QED) is 0.338. The number of hydrogen-bond acceptors (Lipinski definition) is 4. The fraction of sp³-hybridized carbons (Fsp3) is 0. The Bertz CT molecular complexity index is 1540. The number of halogens is 1. The Labute approximate surface area is 193 Å². The van der Waals surface area contributed by atoms with Crippen molar-refractivity contribution in [1.29, 1.82) is 0 Å². The van der Waals surface area contributed by atoms with Gasteiger partial charge in [-0.1, -0.05) is 60.1 Å². The van der Waals surface area contributed by atoms with E-state index in [4.69, 9.17) is 16.7 Å². The van der Waals surface area contributed by atoms with Gasteiger partial charge < -0.3 is 0 Å². The number of nitrogens with zero attached hydrogens (tertiary/aromatic N) is 4. The summed E-state index contributed by atoms with van der Waals surface area (Å²) in [7, 11) is 0. The summed E-state index contributed by atoms with van der Waals surface area (Å²) < 4.78 is 1.68. The van der Waals surface area contributed by atoms with Crippen LogP contribution < -0.4 is 4.90 Å². The molecule has 0 unspecified atom stereocenters. The van der Waals surface area contributed by atoms with Crippen LogP contribution in [0.1, 0.15) is 20.7 Å². The van der Waals surface area contributed by atoms with Crippen LogP contribution in [0.15, 0.2) is 91.1 Å². The van der Waals surface area contributed by atoms with Gasteiger partial charge in [0.15, 0.2) is 5.65 Å². The fourth-order valence-electron chi connectivity index (χ4n) is 4.16. The molecule has 3 heterocycles. The Morgan fingerprint density at radius 2 is 1.39 bits per heavy atom. The SMILES string of the molecule is O=C1c2cnc3c(c(-c4ccccc4)nn3-c3ccc(Cl)cc3)c2C(=O)N1c1ccccc1. The highest BCUT2D eigenvalue weighted by molar-refractivity contribution is 6.38. The van der Waals surface area contributed by atoms with Crippen molar-refractivity contribution < 1.29 is 9.59 Å². The molecule has 1 aliphatic rings. The molecule has 0 spiro atoms. The van der Waals surface area contributed by atoms with Crippen LogP contribution >= 0.6 is 11.6 Å². The van der Waals surface area contributed by atoms with Gasteiger partial charge in [0.1, 0.15) is 5.69 Å². The number of pyridine rings is 1. The smallest absolute Gasteiger partial charge is 0.267 e. The molecule has 6 nitrogen and oxygen atoms in total. The molecule has 0 saturated carbocycles. The van der Waals surface area contributed by atoms with Gasteiger partial charge >= 0.3 is 0 Å². The van der Waals surface area contributed by atoms with Crippen molar-refractivity contribution in [3.8, 4) is 16.9 Å². The van der Waals surface area contributed by atoms with Crippen LogP contribution in [0.25, 0.3) is 28.0 Å². The molecule has 0 N–H and O–H groups in total. The summed E-state index contributed by atoms with van der Waals surface area (Å²) >= 11 is 6.07. The maximum Gasteiger partial charge on any atom is 0.267 e. The van der Waals surface area contributed by atoms with Crippen LogP contribution in [0.3, 0.4) is 0 Å². The van der Waals surface area contributed by atoms with Gasteiger partial charge in [-0.3, -0.25) is 9.59 Å². The Kier molecular flexibility index (Phi) is 4.35. The van der Waals surface area contributed by atoms with E-state index >= 15 is 0 Å². The zero-order chi connectivity index (χ0) is 22.5. The molecule has 3 aromatic carbocycles. The second-order valence-electron chi connectivity index (χ2n) is 7.63. The predicted molar refractivity (Wildman–Crippen MR) is 127 cm³/mol. The largest absolute Gasteiger partial charge is 0.268 e. The number of fused-ring (bicyclic) bond motifs is 3. The van der Waals surface area contributed by atoms with E-state index in [1.54, 1.807) is 41.1 Å². The minimum absolute atomic E-state index is 0.268. The van der Waals surface area contributed by atoms with Crippen molar-refractivity contribution in [2.75, 3.05) is 4.90 Å². The molecule has 6 rings (SSSR count). The van der Waals surface area contributed by atoms with Crippen LogP contribution in [0.5, 0.6) is 0 Å². The maximum absolute atomic E-state index is 13.6. The van der Waals surface area contributed by atoms with Crippen LogP contribution in [0.2, 0.25) is 5.02 Å². The first kappa shape index (κ1) is 19.4. The van der Waals surface area contributed by atoms with Gasteiger partial charge in [-0.2, -0.15) is 5.10 Å². The molecule has 33 heavy (non-hydrogen) atoms. The van der Waals surface area contributed by atoms with Gasteiger partial charge in [0, 0.05) is 16.8 Å². The zero-order valence-electron chi connectivity index (χ0n) is 17.1. The normalized spacial score (nSPS) is 13.1. The first-order valence-electron chi connectivity index (χ1n) is 10.3. The summed E-state index contributed by atoms with van der Waals surface area (Å²) in [6, 6.07) is 25.7. The van der Waals surface area contributed by atoms with Crippen molar-refractivity contribution >= 4 is 40.1 Å². The van der Waals surface area contributed by atoms with Crippen LogP contribution in [0.4, 0.5) is 5.69 Å². The van der Waals surface area contributed by atoms with E-state index in [0.29, 0.717) is 33.0 Å². The Morgan fingerprint density at radius 1 is 0.727 bits per heavy atom. The summed E-state index contributed by atoms with van der Waals surface area (Å²) in [5.74, 6) is -0.782. The highest BCUT2D eigenvalue weighted by atomic mass is 35.5. The Hall–Kier alpha value is -4.29. The Balaban J connectivity index is 1.65. The van der Waals surface area contributed by atoms with Crippen LogP contribution in [0, 0.1) is 0 Å². The monoisotopic (exact) mass is 450 g/mol. The number of hydrogen-bond donors (Lipinski definition) is 0. The molecule has 0 atom stereocenters. The lowest BCUT2D eigenvalue weighted by molar-refractivity contribution is 0.0926. The summed E-state index contributed by atoms with van der Waals surface area (Å²) in [6.45, 7) is 0. The molecule has 2 amide bonds. The molecule has 1 aliphatic heterocycles. The fourth-order valence-corrected chi connectivity index (χ4v) is 4.29. The third-order valence-electron chi connectivity index (χ3n) is 5.68. The minimum Gasteiger partial charge on any atom is -0.268 e. The topological polar surface area (TPSA) is 68.1 Å². The molecule has 7 heteroatoms. The molecular weight excluding hydrogens is 436 g/mol. The van der Waals surface area contributed by atoms with Gasteiger partial charge in [-0.25, -0.2) is 14.6 Å². The van der Waals surface area contributed by atoms with Gasteiger partial charge in [0.2, 0.25) is 0 Å². The highest BCUT2D eigenvalue weighted by Crippen LogP contribution is 2.38. The molecule has 5 aromatic rings. The second-order valence-corrected chi connectivity index (χ2v) is 8.07. The second kappa shape index (κ2) is 7.39. The molecular formula is C26H15ClN4O2. The van der Waals surface area contributed by atoms with Crippen molar-refractivity contribution in [3.05, 3.63) is 107 Å². The zero-order valence-corrected chi connectivity index (χ0v) is 17.9. The van der Waals surface area contributed by atoms with E-state index < -0.39 is 5.91 Å². The predicted octanol–water partition coefficient (Wildman–Crippen LogP) is 5.54. The van der Waals surface area contributed by atoms with Crippen molar-refractivity contribution in [3.63, 3.8) is 0 Å².